The summed E-state index contributed by atoms with van der Waals surface area (Å²) in [5.41, 5.74) is 2.99. The smallest absolute Gasteiger partial charge is 0.303 e. The molecule has 4 heterocycles. The second kappa shape index (κ2) is 12.6. The number of piperazine rings is 1. The highest BCUT2D eigenvalue weighted by Crippen LogP contribution is 2.44. The molecule has 12 heteroatoms. The molecule has 2 saturated carbocycles. The summed E-state index contributed by atoms with van der Waals surface area (Å²) in [6.07, 6.45) is 11.3. The van der Waals surface area contributed by atoms with Crippen molar-refractivity contribution in [1.29, 1.82) is 0 Å². The highest BCUT2D eigenvalue weighted by molar-refractivity contribution is 7.87. The summed E-state index contributed by atoms with van der Waals surface area (Å²) in [5.74, 6) is -0.284. The van der Waals surface area contributed by atoms with Gasteiger partial charge in [0.05, 0.1) is 22.8 Å². The number of nitrogens with zero attached hydrogens (tertiary/aromatic N) is 7. The molecular formula is C31H50N8O3S. The highest BCUT2D eigenvalue weighted by atomic mass is 32.2. The summed E-state index contributed by atoms with van der Waals surface area (Å²) in [4.78, 5) is 26.0. The number of anilines is 1. The van der Waals surface area contributed by atoms with Gasteiger partial charge in [-0.15, -0.1) is 0 Å². The summed E-state index contributed by atoms with van der Waals surface area (Å²) in [7, 11) is -1.13. The van der Waals surface area contributed by atoms with Crippen LogP contribution in [0.15, 0.2) is 6.07 Å². The Morgan fingerprint density at radius 2 is 1.58 bits per heavy atom. The van der Waals surface area contributed by atoms with Crippen molar-refractivity contribution in [2.45, 2.75) is 102 Å². The molecule has 4 fully saturated rings. The van der Waals surface area contributed by atoms with Crippen molar-refractivity contribution in [3.05, 3.63) is 17.5 Å². The Labute approximate surface area is 257 Å². The van der Waals surface area contributed by atoms with Crippen molar-refractivity contribution in [2.75, 3.05) is 58.3 Å². The van der Waals surface area contributed by atoms with Gasteiger partial charge in [0.15, 0.2) is 5.65 Å². The van der Waals surface area contributed by atoms with Crippen LogP contribution in [0.25, 0.3) is 11.0 Å². The zero-order chi connectivity index (χ0) is 30.3. The lowest BCUT2D eigenvalue weighted by Gasteiger charge is -2.44. The van der Waals surface area contributed by atoms with E-state index in [1.165, 1.54) is 26.9 Å². The maximum atomic E-state index is 13.4. The minimum absolute atomic E-state index is 0.136. The molecule has 43 heavy (non-hydrogen) atoms. The van der Waals surface area contributed by atoms with Crippen molar-refractivity contribution in [3.63, 3.8) is 0 Å². The van der Waals surface area contributed by atoms with E-state index in [-0.39, 0.29) is 11.7 Å². The Morgan fingerprint density at radius 1 is 0.907 bits per heavy atom. The molecule has 2 aromatic rings. The summed E-state index contributed by atoms with van der Waals surface area (Å²) < 4.78 is 30.5. The van der Waals surface area contributed by atoms with Gasteiger partial charge >= 0.3 is 10.2 Å². The van der Waals surface area contributed by atoms with Crippen LogP contribution in [-0.4, -0.2) is 109 Å². The van der Waals surface area contributed by atoms with Gasteiger partial charge in [-0.25, -0.2) is 14.4 Å². The molecule has 4 aliphatic rings. The van der Waals surface area contributed by atoms with Gasteiger partial charge in [-0.1, -0.05) is 25.7 Å². The van der Waals surface area contributed by atoms with Crippen LogP contribution in [0, 0.1) is 0 Å². The molecule has 2 saturated heterocycles. The first-order valence-electron chi connectivity index (χ1n) is 16.5. The van der Waals surface area contributed by atoms with E-state index in [0.29, 0.717) is 18.0 Å². The quantitative estimate of drug-likeness (QED) is 0.480. The molecule has 0 bridgehead atoms. The van der Waals surface area contributed by atoms with Crippen LogP contribution in [0.1, 0.15) is 106 Å². The molecule has 2 aliphatic carbocycles. The molecule has 2 aromatic heterocycles. The molecule has 0 spiro atoms. The van der Waals surface area contributed by atoms with E-state index in [0.717, 1.165) is 117 Å². The SMILES string of the molecule is CC(C)N1CCN(C2CCN(c3cc(C(=O)NS(=O)(=O)N(C)C)nc4c3c(C3CCC3)nn4C3CCCCC3)CC2)CC1. The minimum atomic E-state index is -3.95. The molecule has 0 aromatic carbocycles. The third-order valence-electron chi connectivity index (χ3n) is 10.4. The van der Waals surface area contributed by atoms with Crippen molar-refractivity contribution in [1.82, 2.24) is 33.6 Å². The number of hydrogen-bond acceptors (Lipinski definition) is 8. The van der Waals surface area contributed by atoms with Crippen LogP contribution in [-0.2, 0) is 10.2 Å². The molecule has 0 unspecified atom stereocenters. The van der Waals surface area contributed by atoms with E-state index in [2.05, 4.69) is 38.0 Å². The first-order chi connectivity index (χ1) is 20.6. The van der Waals surface area contributed by atoms with Crippen LogP contribution < -0.4 is 9.62 Å². The van der Waals surface area contributed by atoms with E-state index >= 15 is 0 Å². The Kier molecular flexibility index (Phi) is 9.01. The number of pyridine rings is 1. The van der Waals surface area contributed by atoms with Crippen LogP contribution in [0.2, 0.25) is 0 Å². The van der Waals surface area contributed by atoms with Gasteiger partial charge in [-0.2, -0.15) is 17.8 Å². The third kappa shape index (κ3) is 6.30. The Bertz CT molecular complexity index is 1400. The van der Waals surface area contributed by atoms with Crippen LogP contribution >= 0.6 is 0 Å². The van der Waals surface area contributed by atoms with Crippen molar-refractivity contribution < 1.29 is 13.2 Å². The van der Waals surface area contributed by atoms with E-state index in [1.54, 1.807) is 0 Å². The molecule has 1 amide bonds. The van der Waals surface area contributed by atoms with Gasteiger partial charge < -0.3 is 4.90 Å². The van der Waals surface area contributed by atoms with Gasteiger partial charge in [0.25, 0.3) is 5.91 Å². The van der Waals surface area contributed by atoms with Crippen LogP contribution in [0.5, 0.6) is 0 Å². The zero-order valence-electron chi connectivity index (χ0n) is 26.5. The highest BCUT2D eigenvalue weighted by Gasteiger charge is 2.34. The van der Waals surface area contributed by atoms with Gasteiger partial charge in [-0.05, 0) is 58.4 Å². The minimum Gasteiger partial charge on any atom is -0.371 e. The largest absolute Gasteiger partial charge is 0.371 e. The second-order valence-corrected chi connectivity index (χ2v) is 15.5. The summed E-state index contributed by atoms with van der Waals surface area (Å²) in [6.45, 7) is 10.8. The lowest BCUT2D eigenvalue weighted by Crippen LogP contribution is -2.54. The maximum Gasteiger partial charge on any atom is 0.303 e. The summed E-state index contributed by atoms with van der Waals surface area (Å²) in [6, 6.07) is 3.24. The lowest BCUT2D eigenvalue weighted by molar-refractivity contribution is 0.0692. The fraction of sp³-hybridized carbons (Fsp3) is 0.774. The lowest BCUT2D eigenvalue weighted by atomic mass is 9.82. The van der Waals surface area contributed by atoms with E-state index in [1.807, 2.05) is 6.07 Å². The van der Waals surface area contributed by atoms with Crippen molar-refractivity contribution >= 4 is 32.8 Å². The number of aromatic nitrogens is 3. The normalized spacial score (nSPS) is 22.5. The molecule has 11 nitrogen and oxygen atoms in total. The average molecular weight is 615 g/mol. The summed E-state index contributed by atoms with van der Waals surface area (Å²) in [5, 5.41) is 6.34. The van der Waals surface area contributed by atoms with Crippen LogP contribution in [0.3, 0.4) is 0 Å². The first-order valence-corrected chi connectivity index (χ1v) is 18.0. The number of amides is 1. The summed E-state index contributed by atoms with van der Waals surface area (Å²) >= 11 is 0. The number of hydrogen-bond donors (Lipinski definition) is 1. The Morgan fingerprint density at radius 3 is 2.16 bits per heavy atom. The predicted octanol–water partition coefficient (Wildman–Crippen LogP) is 3.74. The fourth-order valence-corrected chi connectivity index (χ4v) is 7.93. The van der Waals surface area contributed by atoms with Crippen molar-refractivity contribution in [3.8, 4) is 0 Å². The number of nitrogens with one attached hydrogen (secondary N) is 1. The Balaban J connectivity index is 1.34. The van der Waals surface area contributed by atoms with Gasteiger partial charge in [0.1, 0.15) is 5.69 Å². The predicted molar refractivity (Wildman–Crippen MR) is 170 cm³/mol. The molecular weight excluding hydrogens is 564 g/mol. The van der Waals surface area contributed by atoms with E-state index in [4.69, 9.17) is 10.1 Å². The number of piperidine rings is 1. The van der Waals surface area contributed by atoms with E-state index in [9.17, 15) is 13.2 Å². The van der Waals surface area contributed by atoms with Gasteiger partial charge in [-0.3, -0.25) is 14.6 Å². The molecule has 6 rings (SSSR count). The number of carbonyl (C=O) groups is 1. The standard InChI is InChI=1S/C31H50N8O3S/c1-22(2)36-17-19-37(20-18-36)24-13-15-38(16-14-24)27-21-26(31(40)34-43(41,42)35(3)4)32-30-28(27)29(23-9-8-10-23)33-39(30)25-11-6-5-7-12-25/h21-25H,5-20H2,1-4H3,(H,34,40). The third-order valence-corrected chi connectivity index (χ3v) is 11.8. The average Bonchev–Trinajstić information content (AvgIpc) is 3.35. The zero-order valence-corrected chi connectivity index (χ0v) is 27.3. The van der Waals surface area contributed by atoms with Crippen molar-refractivity contribution in [2.24, 2.45) is 0 Å². The molecule has 0 radical (unpaired) electrons. The first kappa shape index (κ1) is 30.7. The molecule has 0 atom stereocenters. The molecule has 238 valence electrons. The fourth-order valence-electron chi connectivity index (χ4n) is 7.41. The number of carbonyl (C=O) groups excluding carboxylic acids is 1. The second-order valence-electron chi connectivity index (χ2n) is 13.6. The number of rotatable bonds is 8. The topological polar surface area (TPSA) is 107 Å². The van der Waals surface area contributed by atoms with Gasteiger partial charge in [0, 0.05) is 71.4 Å². The molecule has 2 aliphatic heterocycles. The van der Waals surface area contributed by atoms with Gasteiger partial charge in [0.2, 0.25) is 0 Å². The Hall–Kier alpha value is -2.28. The van der Waals surface area contributed by atoms with E-state index < -0.39 is 16.1 Å². The molecule has 1 N–H and O–H groups in total. The van der Waals surface area contributed by atoms with Crippen LogP contribution in [0.4, 0.5) is 5.69 Å². The maximum absolute atomic E-state index is 13.4. The number of fused-ring (bicyclic) bond motifs is 1. The monoisotopic (exact) mass is 614 g/mol.